The molecular formula is C17H19FN2O2S. The minimum atomic E-state index is -0.296. The van der Waals surface area contributed by atoms with Crippen LogP contribution >= 0.6 is 11.3 Å². The molecule has 0 bridgehead atoms. The third-order valence-corrected chi connectivity index (χ3v) is 4.84. The Labute approximate surface area is 138 Å². The molecule has 1 aliphatic heterocycles. The number of aromatic nitrogens is 1. The molecule has 1 fully saturated rings. The lowest BCUT2D eigenvalue weighted by molar-refractivity contribution is 0.0691. The summed E-state index contributed by atoms with van der Waals surface area (Å²) in [5.41, 5.74) is 0.488. The Morgan fingerprint density at radius 1 is 1.35 bits per heavy atom. The van der Waals surface area contributed by atoms with E-state index >= 15 is 0 Å². The highest BCUT2D eigenvalue weighted by atomic mass is 32.1. The van der Waals surface area contributed by atoms with Crippen molar-refractivity contribution in [1.82, 2.24) is 9.88 Å². The van der Waals surface area contributed by atoms with Gasteiger partial charge in [0.15, 0.2) is 0 Å². The Balaban J connectivity index is 1.57. The van der Waals surface area contributed by atoms with E-state index in [1.165, 1.54) is 23.5 Å². The number of carbonyl (C=O) groups excluding carboxylic acids is 1. The van der Waals surface area contributed by atoms with E-state index in [9.17, 15) is 9.18 Å². The van der Waals surface area contributed by atoms with Crippen LogP contribution in [0.2, 0.25) is 0 Å². The van der Waals surface area contributed by atoms with Crippen molar-refractivity contribution in [3.63, 3.8) is 0 Å². The van der Waals surface area contributed by atoms with E-state index < -0.39 is 0 Å². The standard InChI is InChI=1S/C17H19FN2O2S/c1-12-6-8-20(9-7-12)17(21)15-11-23-16(19-15)10-22-14-4-2-13(18)3-5-14/h2-5,11-12H,6-10H2,1H3. The number of hydrogen-bond donors (Lipinski definition) is 0. The summed E-state index contributed by atoms with van der Waals surface area (Å²) >= 11 is 1.41. The summed E-state index contributed by atoms with van der Waals surface area (Å²) in [6.45, 7) is 4.11. The van der Waals surface area contributed by atoms with Crippen molar-refractivity contribution in [2.24, 2.45) is 5.92 Å². The number of rotatable bonds is 4. The van der Waals surface area contributed by atoms with Gasteiger partial charge in [-0.05, 0) is 43.0 Å². The zero-order valence-corrected chi connectivity index (χ0v) is 13.8. The molecule has 0 spiro atoms. The average molecular weight is 334 g/mol. The molecule has 0 saturated carbocycles. The molecule has 122 valence electrons. The maximum absolute atomic E-state index is 12.8. The Bertz CT molecular complexity index is 663. The third-order valence-electron chi connectivity index (χ3n) is 4.02. The molecule has 6 heteroatoms. The lowest BCUT2D eigenvalue weighted by Gasteiger charge is -2.29. The van der Waals surface area contributed by atoms with Gasteiger partial charge in [0, 0.05) is 18.5 Å². The van der Waals surface area contributed by atoms with Gasteiger partial charge in [0.2, 0.25) is 0 Å². The van der Waals surface area contributed by atoms with Crippen LogP contribution < -0.4 is 4.74 Å². The number of hydrogen-bond acceptors (Lipinski definition) is 4. The van der Waals surface area contributed by atoms with Crippen molar-refractivity contribution in [3.05, 3.63) is 46.2 Å². The second-order valence-corrected chi connectivity index (χ2v) is 6.79. The van der Waals surface area contributed by atoms with Gasteiger partial charge in [-0.15, -0.1) is 11.3 Å². The van der Waals surface area contributed by atoms with Crippen LogP contribution in [0.15, 0.2) is 29.6 Å². The lowest BCUT2D eigenvalue weighted by Crippen LogP contribution is -2.38. The van der Waals surface area contributed by atoms with E-state index in [2.05, 4.69) is 11.9 Å². The molecule has 23 heavy (non-hydrogen) atoms. The van der Waals surface area contributed by atoms with Crippen LogP contribution in [-0.2, 0) is 6.61 Å². The summed E-state index contributed by atoms with van der Waals surface area (Å²) < 4.78 is 18.4. The molecule has 2 heterocycles. The first-order valence-electron chi connectivity index (χ1n) is 7.74. The Hall–Kier alpha value is -1.95. The van der Waals surface area contributed by atoms with Crippen LogP contribution in [-0.4, -0.2) is 28.9 Å². The number of piperidine rings is 1. The van der Waals surface area contributed by atoms with E-state index in [1.54, 1.807) is 17.5 Å². The summed E-state index contributed by atoms with van der Waals surface area (Å²) in [5.74, 6) is 0.977. The van der Waals surface area contributed by atoms with Crippen molar-refractivity contribution in [2.45, 2.75) is 26.4 Å². The van der Waals surface area contributed by atoms with Crippen molar-refractivity contribution in [1.29, 1.82) is 0 Å². The fraction of sp³-hybridized carbons (Fsp3) is 0.412. The highest BCUT2D eigenvalue weighted by molar-refractivity contribution is 7.09. The molecule has 1 aromatic heterocycles. The number of halogens is 1. The zero-order valence-electron chi connectivity index (χ0n) is 13.0. The number of carbonyl (C=O) groups is 1. The number of thiazole rings is 1. The molecule has 2 aromatic rings. The van der Waals surface area contributed by atoms with E-state index in [0.717, 1.165) is 30.9 Å². The summed E-state index contributed by atoms with van der Waals surface area (Å²) in [4.78, 5) is 18.7. The highest BCUT2D eigenvalue weighted by Crippen LogP contribution is 2.20. The van der Waals surface area contributed by atoms with Gasteiger partial charge in [0.1, 0.15) is 28.9 Å². The summed E-state index contributed by atoms with van der Waals surface area (Å²) in [6, 6.07) is 5.85. The quantitative estimate of drug-likeness (QED) is 0.855. The molecule has 0 atom stereocenters. The van der Waals surface area contributed by atoms with Gasteiger partial charge in [-0.3, -0.25) is 4.79 Å². The van der Waals surface area contributed by atoms with Crippen LogP contribution in [0, 0.1) is 11.7 Å². The predicted octanol–water partition coefficient (Wildman–Crippen LogP) is 3.73. The molecule has 0 N–H and O–H groups in total. The first-order chi connectivity index (χ1) is 11.1. The average Bonchev–Trinajstić information content (AvgIpc) is 3.03. The lowest BCUT2D eigenvalue weighted by atomic mass is 9.99. The highest BCUT2D eigenvalue weighted by Gasteiger charge is 2.23. The number of amides is 1. The van der Waals surface area contributed by atoms with Crippen molar-refractivity contribution in [3.8, 4) is 5.75 Å². The minimum absolute atomic E-state index is 0.00109. The van der Waals surface area contributed by atoms with Gasteiger partial charge < -0.3 is 9.64 Å². The molecular weight excluding hydrogens is 315 g/mol. The van der Waals surface area contributed by atoms with Crippen molar-refractivity contribution in [2.75, 3.05) is 13.1 Å². The first kappa shape index (κ1) is 15.9. The van der Waals surface area contributed by atoms with Crippen LogP contribution in [0.4, 0.5) is 4.39 Å². The second kappa shape index (κ2) is 7.08. The molecule has 0 unspecified atom stereocenters. The molecule has 0 aliphatic carbocycles. The van der Waals surface area contributed by atoms with Gasteiger partial charge in [-0.2, -0.15) is 0 Å². The summed E-state index contributed by atoms with van der Waals surface area (Å²) in [7, 11) is 0. The molecule has 4 nitrogen and oxygen atoms in total. The van der Waals surface area contributed by atoms with E-state index in [1.807, 2.05) is 4.90 Å². The van der Waals surface area contributed by atoms with Crippen LogP contribution in [0.5, 0.6) is 5.75 Å². The normalized spacial score (nSPS) is 15.7. The van der Waals surface area contributed by atoms with E-state index in [-0.39, 0.29) is 18.3 Å². The zero-order chi connectivity index (χ0) is 16.2. The summed E-state index contributed by atoms with van der Waals surface area (Å²) in [5, 5.41) is 2.52. The fourth-order valence-corrected chi connectivity index (χ4v) is 3.20. The Kier molecular flexibility index (Phi) is 4.91. The molecule has 0 radical (unpaired) electrons. The van der Waals surface area contributed by atoms with Gasteiger partial charge in [0.05, 0.1) is 0 Å². The molecule has 1 aliphatic rings. The topological polar surface area (TPSA) is 42.4 Å². The second-order valence-electron chi connectivity index (χ2n) is 5.84. The number of ether oxygens (including phenoxy) is 1. The van der Waals surface area contributed by atoms with Crippen LogP contribution in [0.3, 0.4) is 0 Å². The van der Waals surface area contributed by atoms with Gasteiger partial charge in [-0.1, -0.05) is 6.92 Å². The van der Waals surface area contributed by atoms with Gasteiger partial charge in [-0.25, -0.2) is 9.37 Å². The minimum Gasteiger partial charge on any atom is -0.486 e. The van der Waals surface area contributed by atoms with Crippen molar-refractivity contribution < 1.29 is 13.9 Å². The molecule has 1 amide bonds. The fourth-order valence-electron chi connectivity index (χ4n) is 2.52. The van der Waals surface area contributed by atoms with Gasteiger partial charge >= 0.3 is 0 Å². The van der Waals surface area contributed by atoms with Gasteiger partial charge in [0.25, 0.3) is 5.91 Å². The third kappa shape index (κ3) is 4.07. The smallest absolute Gasteiger partial charge is 0.273 e. The number of nitrogens with zero attached hydrogens (tertiary/aromatic N) is 2. The molecule has 1 aromatic carbocycles. The predicted molar refractivity (Wildman–Crippen MR) is 87.1 cm³/mol. The SMILES string of the molecule is CC1CCN(C(=O)c2csc(COc3ccc(F)cc3)n2)CC1. The van der Waals surface area contributed by atoms with Crippen LogP contribution in [0.25, 0.3) is 0 Å². The number of likely N-dealkylation sites (tertiary alicyclic amines) is 1. The molecule has 3 rings (SSSR count). The Morgan fingerprint density at radius 2 is 2.04 bits per heavy atom. The van der Waals surface area contributed by atoms with Crippen molar-refractivity contribution >= 4 is 17.2 Å². The monoisotopic (exact) mass is 334 g/mol. The molecule has 1 saturated heterocycles. The maximum Gasteiger partial charge on any atom is 0.273 e. The van der Waals surface area contributed by atoms with Crippen LogP contribution in [0.1, 0.15) is 35.3 Å². The van der Waals surface area contributed by atoms with E-state index in [4.69, 9.17) is 4.74 Å². The first-order valence-corrected chi connectivity index (χ1v) is 8.62. The number of benzene rings is 1. The summed E-state index contributed by atoms with van der Waals surface area (Å²) in [6.07, 6.45) is 2.10. The maximum atomic E-state index is 12.8. The van der Waals surface area contributed by atoms with E-state index in [0.29, 0.717) is 17.4 Å². The Morgan fingerprint density at radius 3 is 2.74 bits per heavy atom. The largest absolute Gasteiger partial charge is 0.486 e.